The lowest BCUT2D eigenvalue weighted by atomic mass is 10.1. The van der Waals surface area contributed by atoms with E-state index in [1.165, 1.54) is 5.56 Å². The number of ether oxygens (including phenoxy) is 1. The number of amidine groups is 1. The molecule has 0 fully saturated rings. The zero-order chi connectivity index (χ0) is 18.5. The predicted molar refractivity (Wildman–Crippen MR) is 104 cm³/mol. The number of hydrazone groups is 1. The Morgan fingerprint density at radius 1 is 1.19 bits per heavy atom. The van der Waals surface area contributed by atoms with Crippen LogP contribution in [0, 0.1) is 6.92 Å². The third-order valence-corrected chi connectivity index (χ3v) is 4.18. The molecule has 0 amide bonds. The van der Waals surface area contributed by atoms with Crippen LogP contribution in [-0.4, -0.2) is 29.9 Å². The third-order valence-electron chi connectivity index (χ3n) is 4.18. The average molecular weight is 349 g/mol. The van der Waals surface area contributed by atoms with Crippen molar-refractivity contribution in [1.29, 1.82) is 0 Å². The maximum Gasteiger partial charge on any atom is 0.376 e. The van der Waals surface area contributed by atoms with Gasteiger partial charge in [-0.2, -0.15) is 0 Å². The lowest BCUT2D eigenvalue weighted by Crippen LogP contribution is -2.39. The van der Waals surface area contributed by atoms with Gasteiger partial charge >= 0.3 is 5.97 Å². The molecule has 0 saturated carbocycles. The number of anilines is 1. The first-order valence-electron chi connectivity index (χ1n) is 8.69. The molecule has 1 aliphatic heterocycles. The van der Waals surface area contributed by atoms with Crippen LogP contribution in [0.25, 0.3) is 0 Å². The van der Waals surface area contributed by atoms with E-state index >= 15 is 0 Å². The van der Waals surface area contributed by atoms with Crippen molar-refractivity contribution in [2.75, 3.05) is 18.2 Å². The molecule has 1 atom stereocenters. The van der Waals surface area contributed by atoms with E-state index in [0.717, 1.165) is 11.3 Å². The minimum Gasteiger partial charge on any atom is -0.460 e. The fraction of sp³-hybridized carbons (Fsp3) is 0.238. The molecule has 134 valence electrons. The van der Waals surface area contributed by atoms with E-state index in [4.69, 9.17) is 4.74 Å². The van der Waals surface area contributed by atoms with Crippen LogP contribution < -0.4 is 5.01 Å². The predicted octanol–water partition coefficient (Wildman–Crippen LogP) is 3.88. The zero-order valence-corrected chi connectivity index (χ0v) is 15.1. The first kappa shape index (κ1) is 17.7. The SMILES string of the molecule is C=CCN1C(C(=O)OCC)=NN(c2ccc(C)cc2)C1c1ccccc1. The van der Waals surface area contributed by atoms with Gasteiger partial charge in [0.15, 0.2) is 6.17 Å². The summed E-state index contributed by atoms with van der Waals surface area (Å²) in [5.41, 5.74) is 3.12. The fourth-order valence-electron chi connectivity index (χ4n) is 2.98. The second-order valence-corrected chi connectivity index (χ2v) is 6.05. The molecule has 1 heterocycles. The molecule has 0 aliphatic carbocycles. The van der Waals surface area contributed by atoms with Crippen molar-refractivity contribution in [3.8, 4) is 0 Å². The number of aryl methyl sites for hydroxylation is 1. The second-order valence-electron chi connectivity index (χ2n) is 6.05. The van der Waals surface area contributed by atoms with Gasteiger partial charge in [0.25, 0.3) is 0 Å². The van der Waals surface area contributed by atoms with Crippen molar-refractivity contribution in [2.24, 2.45) is 5.10 Å². The van der Waals surface area contributed by atoms with Gasteiger partial charge in [0, 0.05) is 6.54 Å². The summed E-state index contributed by atoms with van der Waals surface area (Å²) in [5.74, 6) is -0.133. The highest BCUT2D eigenvalue weighted by Gasteiger charge is 2.39. The maximum absolute atomic E-state index is 12.5. The highest BCUT2D eigenvalue weighted by molar-refractivity contribution is 6.36. The smallest absolute Gasteiger partial charge is 0.376 e. The van der Waals surface area contributed by atoms with E-state index in [1.54, 1.807) is 13.0 Å². The number of hydrogen-bond donors (Lipinski definition) is 0. The summed E-state index contributed by atoms with van der Waals surface area (Å²) in [6.45, 7) is 8.46. The molecular weight excluding hydrogens is 326 g/mol. The Hall–Kier alpha value is -3.08. The summed E-state index contributed by atoms with van der Waals surface area (Å²) in [7, 11) is 0. The van der Waals surface area contributed by atoms with Gasteiger partial charge in [-0.1, -0.05) is 54.1 Å². The molecule has 0 bridgehead atoms. The number of carbonyl (C=O) groups is 1. The van der Waals surface area contributed by atoms with Crippen molar-refractivity contribution >= 4 is 17.5 Å². The number of carbonyl (C=O) groups excluding carboxylic acids is 1. The highest BCUT2D eigenvalue weighted by atomic mass is 16.5. The van der Waals surface area contributed by atoms with Gasteiger partial charge in [-0.15, -0.1) is 11.7 Å². The van der Waals surface area contributed by atoms with Crippen LogP contribution in [0.1, 0.15) is 24.2 Å². The Morgan fingerprint density at radius 2 is 1.88 bits per heavy atom. The fourth-order valence-corrected chi connectivity index (χ4v) is 2.98. The zero-order valence-electron chi connectivity index (χ0n) is 15.1. The summed E-state index contributed by atoms with van der Waals surface area (Å²) in [6, 6.07) is 18.1. The van der Waals surface area contributed by atoms with Gasteiger partial charge < -0.3 is 9.64 Å². The van der Waals surface area contributed by atoms with Crippen LogP contribution in [0.3, 0.4) is 0 Å². The Kier molecular flexibility index (Phi) is 5.37. The molecule has 0 saturated heterocycles. The van der Waals surface area contributed by atoms with E-state index in [2.05, 4.69) is 11.7 Å². The average Bonchev–Trinajstić information content (AvgIpc) is 3.03. The molecule has 3 rings (SSSR count). The number of rotatable bonds is 6. The van der Waals surface area contributed by atoms with Crippen LogP contribution in [-0.2, 0) is 9.53 Å². The van der Waals surface area contributed by atoms with Crippen LogP contribution in [0.2, 0.25) is 0 Å². The van der Waals surface area contributed by atoms with E-state index in [9.17, 15) is 4.79 Å². The monoisotopic (exact) mass is 349 g/mol. The summed E-state index contributed by atoms with van der Waals surface area (Å²) < 4.78 is 5.22. The largest absolute Gasteiger partial charge is 0.460 e. The molecule has 1 unspecified atom stereocenters. The first-order valence-corrected chi connectivity index (χ1v) is 8.69. The van der Waals surface area contributed by atoms with Gasteiger partial charge in [-0.05, 0) is 31.5 Å². The van der Waals surface area contributed by atoms with Crippen molar-refractivity contribution < 1.29 is 9.53 Å². The van der Waals surface area contributed by atoms with Crippen molar-refractivity contribution in [1.82, 2.24) is 4.90 Å². The molecule has 5 nitrogen and oxygen atoms in total. The molecular formula is C21H23N3O2. The molecule has 0 N–H and O–H groups in total. The van der Waals surface area contributed by atoms with E-state index in [-0.39, 0.29) is 6.17 Å². The Bertz CT molecular complexity index is 800. The van der Waals surface area contributed by atoms with Crippen molar-refractivity contribution in [3.63, 3.8) is 0 Å². The maximum atomic E-state index is 12.5. The van der Waals surface area contributed by atoms with Gasteiger partial charge in [0.2, 0.25) is 5.84 Å². The normalized spacial score (nSPS) is 16.4. The number of esters is 1. The van der Waals surface area contributed by atoms with E-state index in [0.29, 0.717) is 19.0 Å². The molecule has 0 aromatic heterocycles. The summed E-state index contributed by atoms with van der Waals surface area (Å²) in [6.07, 6.45) is 1.53. The summed E-state index contributed by atoms with van der Waals surface area (Å²) >= 11 is 0. The lowest BCUT2D eigenvalue weighted by Gasteiger charge is -2.31. The quantitative estimate of drug-likeness (QED) is 0.586. The lowest BCUT2D eigenvalue weighted by molar-refractivity contribution is -0.135. The summed E-state index contributed by atoms with van der Waals surface area (Å²) in [5, 5.41) is 6.48. The molecule has 5 heteroatoms. The Balaban J connectivity index is 2.08. The topological polar surface area (TPSA) is 45.1 Å². The molecule has 26 heavy (non-hydrogen) atoms. The van der Waals surface area contributed by atoms with Crippen LogP contribution >= 0.6 is 0 Å². The minimum absolute atomic E-state index is 0.240. The molecule has 0 radical (unpaired) electrons. The minimum atomic E-state index is -0.426. The van der Waals surface area contributed by atoms with Crippen LogP contribution in [0.15, 0.2) is 72.4 Å². The molecule has 0 spiro atoms. The van der Waals surface area contributed by atoms with Gasteiger partial charge in [-0.25, -0.2) is 9.80 Å². The van der Waals surface area contributed by atoms with E-state index < -0.39 is 5.97 Å². The van der Waals surface area contributed by atoms with Crippen LogP contribution in [0.5, 0.6) is 0 Å². The first-order chi connectivity index (χ1) is 12.7. The van der Waals surface area contributed by atoms with Crippen LogP contribution in [0.4, 0.5) is 5.69 Å². The van der Waals surface area contributed by atoms with Crippen molar-refractivity contribution in [3.05, 3.63) is 78.4 Å². The summed E-state index contributed by atoms with van der Waals surface area (Å²) in [4.78, 5) is 14.4. The Morgan fingerprint density at radius 3 is 2.50 bits per heavy atom. The highest BCUT2D eigenvalue weighted by Crippen LogP contribution is 2.35. The standard InChI is InChI=1S/C21H23N3O2/c1-4-15-23-19(21(25)26-5-2)22-24(18-13-11-16(3)12-14-18)20(23)17-9-7-6-8-10-17/h4,6-14,20H,1,5,15H2,2-3H3. The third kappa shape index (κ3) is 3.47. The van der Waals surface area contributed by atoms with E-state index in [1.807, 2.05) is 71.4 Å². The molecule has 2 aromatic rings. The second kappa shape index (κ2) is 7.87. The van der Waals surface area contributed by atoms with Gasteiger partial charge in [0.1, 0.15) is 0 Å². The van der Waals surface area contributed by atoms with Crippen molar-refractivity contribution in [2.45, 2.75) is 20.0 Å². The number of hydrogen-bond acceptors (Lipinski definition) is 5. The Labute approximate surface area is 154 Å². The molecule has 2 aromatic carbocycles. The van der Waals surface area contributed by atoms with Gasteiger partial charge in [0.05, 0.1) is 12.3 Å². The van der Waals surface area contributed by atoms with Gasteiger partial charge in [-0.3, -0.25) is 0 Å². The molecule has 1 aliphatic rings. The number of nitrogens with zero attached hydrogens (tertiary/aromatic N) is 3. The number of benzene rings is 2.